The van der Waals surface area contributed by atoms with E-state index in [-0.39, 0.29) is 34.0 Å². The van der Waals surface area contributed by atoms with Crippen molar-refractivity contribution in [3.63, 3.8) is 0 Å². The van der Waals surface area contributed by atoms with Gasteiger partial charge in [-0.05, 0) is 145 Å². The summed E-state index contributed by atoms with van der Waals surface area (Å²) in [5.74, 6) is 0. The van der Waals surface area contributed by atoms with E-state index in [0.29, 0.717) is 0 Å². The molecule has 62 heavy (non-hydrogen) atoms. The average molecular weight is 812 g/mol. The van der Waals surface area contributed by atoms with Gasteiger partial charge in [0.25, 0.3) is 6.71 Å². The number of rotatable bonds is 2. The third kappa shape index (κ3) is 4.41. The third-order valence-corrected chi connectivity index (χ3v) is 17.9. The first-order valence-electron chi connectivity index (χ1n) is 23.6. The number of hydrogen-bond acceptors (Lipinski definition) is 4. The summed E-state index contributed by atoms with van der Waals surface area (Å²) in [5, 5.41) is 2.32. The molecule has 2 aliphatic carbocycles. The summed E-state index contributed by atoms with van der Waals surface area (Å²) in [6.07, 6.45) is 9.90. The molecule has 0 saturated heterocycles. The van der Waals surface area contributed by atoms with Crippen molar-refractivity contribution in [2.45, 2.75) is 134 Å². The highest BCUT2D eigenvalue weighted by Crippen LogP contribution is 2.63. The van der Waals surface area contributed by atoms with Gasteiger partial charge in [0.2, 0.25) is 0 Å². The van der Waals surface area contributed by atoms with Crippen LogP contribution in [0.1, 0.15) is 122 Å². The fraction of sp³-hybridized carbons (Fsp3) is 0.368. The predicted molar refractivity (Wildman–Crippen MR) is 262 cm³/mol. The Morgan fingerprint density at radius 3 is 2.03 bits per heavy atom. The quantitative estimate of drug-likeness (QED) is 0.162. The summed E-state index contributed by atoms with van der Waals surface area (Å²) in [6.45, 7) is 19.8. The van der Waals surface area contributed by atoms with E-state index in [4.69, 9.17) is 4.42 Å². The minimum atomic E-state index is -0.0547. The fourth-order valence-corrected chi connectivity index (χ4v) is 14.3. The van der Waals surface area contributed by atoms with Gasteiger partial charge < -0.3 is 19.1 Å². The van der Waals surface area contributed by atoms with Crippen molar-refractivity contribution in [2.75, 3.05) is 14.7 Å². The van der Waals surface area contributed by atoms with Crippen LogP contribution in [0.4, 0.5) is 39.8 Å². The van der Waals surface area contributed by atoms with Gasteiger partial charge in [0.15, 0.2) is 0 Å². The first-order valence-corrected chi connectivity index (χ1v) is 23.6. The molecule has 2 fully saturated rings. The van der Waals surface area contributed by atoms with Crippen molar-refractivity contribution in [1.29, 1.82) is 0 Å². The van der Waals surface area contributed by atoms with Crippen molar-refractivity contribution in [2.24, 2.45) is 0 Å². The van der Waals surface area contributed by atoms with Crippen molar-refractivity contribution < 1.29 is 4.42 Å². The predicted octanol–water partition coefficient (Wildman–Crippen LogP) is 13.3. The Morgan fingerprint density at radius 1 is 0.548 bits per heavy atom. The lowest BCUT2D eigenvalue weighted by Crippen LogP contribution is -2.64. The Labute approximate surface area is 368 Å². The summed E-state index contributed by atoms with van der Waals surface area (Å²) in [5.41, 5.74) is 21.5. The summed E-state index contributed by atoms with van der Waals surface area (Å²) in [7, 11) is 0. The van der Waals surface area contributed by atoms with Crippen LogP contribution in [0.15, 0.2) is 114 Å². The summed E-state index contributed by atoms with van der Waals surface area (Å²) in [4.78, 5) is 8.27. The normalized spacial score (nSPS) is 26.6. The molecule has 2 saturated carbocycles. The topological polar surface area (TPSA) is 22.9 Å². The SMILES string of the molecule is Cc1cc2c3c(c1)N1c4c(cccc4C4(C)CCCCC14C)B3c1ccc(N3c4ccc(C(C)(C)C)cc4C4(C)CCCCC34C)cc1N2c1ccc2oc3ccccc3c2c1. The molecule has 4 unspecified atom stereocenters. The largest absolute Gasteiger partial charge is 0.456 e. The number of benzene rings is 6. The monoisotopic (exact) mass is 811 g/mol. The first-order chi connectivity index (χ1) is 29.7. The molecule has 310 valence electrons. The molecular formula is C57H58BN3O. The van der Waals surface area contributed by atoms with E-state index < -0.39 is 0 Å². The summed E-state index contributed by atoms with van der Waals surface area (Å²) >= 11 is 0. The fourth-order valence-electron chi connectivity index (χ4n) is 14.3. The molecule has 5 heterocycles. The Bertz CT molecular complexity index is 3100. The van der Waals surface area contributed by atoms with E-state index in [9.17, 15) is 0 Å². The Hall–Kier alpha value is -5.42. The number of fused-ring (bicyclic) bond motifs is 13. The molecule has 7 aromatic rings. The number of para-hydroxylation sites is 2. The summed E-state index contributed by atoms with van der Waals surface area (Å²) in [6, 6.07) is 42.8. The number of nitrogens with zero attached hydrogens (tertiary/aromatic N) is 3. The van der Waals surface area contributed by atoms with Crippen LogP contribution in [-0.2, 0) is 16.2 Å². The van der Waals surface area contributed by atoms with Crippen molar-refractivity contribution in [1.82, 2.24) is 0 Å². The maximum atomic E-state index is 6.45. The van der Waals surface area contributed by atoms with Gasteiger partial charge in [-0.15, -0.1) is 0 Å². The second-order valence-corrected chi connectivity index (χ2v) is 22.0. The maximum Gasteiger partial charge on any atom is 0.252 e. The van der Waals surface area contributed by atoms with Crippen LogP contribution in [0.25, 0.3) is 21.9 Å². The molecule has 5 heteroatoms. The molecule has 4 atom stereocenters. The highest BCUT2D eigenvalue weighted by Gasteiger charge is 2.62. The van der Waals surface area contributed by atoms with E-state index in [1.54, 1.807) is 5.56 Å². The van der Waals surface area contributed by atoms with Crippen LogP contribution in [0, 0.1) is 6.92 Å². The molecule has 0 spiro atoms. The lowest BCUT2D eigenvalue weighted by molar-refractivity contribution is 0.195. The second-order valence-electron chi connectivity index (χ2n) is 22.0. The number of furan rings is 1. The lowest BCUT2D eigenvalue weighted by Gasteiger charge is -2.53. The van der Waals surface area contributed by atoms with Crippen molar-refractivity contribution in [3.05, 3.63) is 131 Å². The van der Waals surface area contributed by atoms with Gasteiger partial charge in [0, 0.05) is 61.4 Å². The first kappa shape index (κ1) is 37.2. The molecule has 4 nitrogen and oxygen atoms in total. The molecule has 13 rings (SSSR count). The zero-order valence-corrected chi connectivity index (χ0v) is 37.9. The van der Waals surface area contributed by atoms with Crippen LogP contribution >= 0.6 is 0 Å². The average Bonchev–Trinajstić information content (AvgIpc) is 3.80. The molecule has 1 aromatic heterocycles. The third-order valence-electron chi connectivity index (χ3n) is 17.9. The van der Waals surface area contributed by atoms with E-state index in [2.05, 4.69) is 179 Å². The second kappa shape index (κ2) is 12.0. The van der Waals surface area contributed by atoms with E-state index in [0.717, 1.165) is 21.9 Å². The van der Waals surface area contributed by atoms with Gasteiger partial charge in [-0.1, -0.05) is 115 Å². The van der Waals surface area contributed by atoms with E-state index >= 15 is 0 Å². The van der Waals surface area contributed by atoms with Gasteiger partial charge in [0.1, 0.15) is 11.2 Å². The standard InChI is InChI=1S/C57H58BN3O/c1-35-30-47-51-48(31-35)61-52-41(54(5)26-11-14-29-57(54,61)8)17-15-18-44(52)58(51)43-23-21-38(34-46(43)59(47)37-22-25-50-40(33-37)39-16-9-10-19-49(39)62-50)60-45-24-20-36(53(2,3)4)32-42(45)55(6)27-12-13-28-56(55,60)7/h9-10,15-25,30-34H,11-14,26-29H2,1-8H3. The highest BCUT2D eigenvalue weighted by atomic mass is 16.3. The molecule has 0 radical (unpaired) electrons. The number of aryl methyl sites for hydroxylation is 1. The van der Waals surface area contributed by atoms with Crippen LogP contribution in [-0.4, -0.2) is 17.8 Å². The lowest BCUT2D eigenvalue weighted by atomic mass is 9.33. The van der Waals surface area contributed by atoms with Gasteiger partial charge in [-0.2, -0.15) is 0 Å². The van der Waals surface area contributed by atoms with E-state index in [1.807, 2.05) is 0 Å². The minimum Gasteiger partial charge on any atom is -0.456 e. The number of anilines is 7. The van der Waals surface area contributed by atoms with Gasteiger partial charge in [-0.25, -0.2) is 0 Å². The van der Waals surface area contributed by atoms with Crippen LogP contribution < -0.4 is 31.1 Å². The van der Waals surface area contributed by atoms with Crippen molar-refractivity contribution in [3.8, 4) is 0 Å². The zero-order valence-electron chi connectivity index (χ0n) is 37.9. The van der Waals surface area contributed by atoms with Gasteiger partial charge >= 0.3 is 0 Å². The molecule has 0 N–H and O–H groups in total. The maximum absolute atomic E-state index is 6.45. The van der Waals surface area contributed by atoms with Crippen LogP contribution in [0.5, 0.6) is 0 Å². The zero-order chi connectivity index (χ0) is 42.3. The Balaban J connectivity index is 1.09. The molecule has 0 amide bonds. The highest BCUT2D eigenvalue weighted by molar-refractivity contribution is 7.00. The molecule has 4 aliphatic heterocycles. The van der Waals surface area contributed by atoms with Gasteiger partial charge in [-0.3, -0.25) is 0 Å². The Kier molecular flexibility index (Phi) is 7.18. The molecule has 6 aliphatic rings. The van der Waals surface area contributed by atoms with E-state index in [1.165, 1.54) is 124 Å². The molecule has 6 aromatic carbocycles. The summed E-state index contributed by atoms with van der Waals surface area (Å²) < 4.78 is 6.45. The Morgan fingerprint density at radius 2 is 1.24 bits per heavy atom. The molecule has 0 bridgehead atoms. The van der Waals surface area contributed by atoms with Crippen molar-refractivity contribution >= 4 is 84.9 Å². The number of hydrogen-bond donors (Lipinski definition) is 0. The molecular weight excluding hydrogens is 753 g/mol. The van der Waals surface area contributed by atoms with Crippen LogP contribution in [0.3, 0.4) is 0 Å². The van der Waals surface area contributed by atoms with Gasteiger partial charge in [0.05, 0.1) is 11.1 Å². The smallest absolute Gasteiger partial charge is 0.252 e. The minimum absolute atomic E-state index is 0.00209. The van der Waals surface area contributed by atoms with Crippen LogP contribution in [0.2, 0.25) is 0 Å².